The number of rotatable bonds is 5. The zero-order valence-electron chi connectivity index (χ0n) is 20.5. The van der Waals surface area contributed by atoms with Crippen molar-refractivity contribution in [3.63, 3.8) is 0 Å². The smallest absolute Gasteiger partial charge is 0.291 e. The SMILES string of the molecule is CC.COc1ccc(-c2cnc(C(=O)Nc3ccc(C(=O)N4CCNCC4)c(Cl)c3)n2C)c(F)c1F. The summed E-state index contributed by atoms with van der Waals surface area (Å²) in [6, 6.07) is 7.26. The lowest BCUT2D eigenvalue weighted by atomic mass is 10.1. The van der Waals surface area contributed by atoms with Gasteiger partial charge in [-0.25, -0.2) is 9.37 Å². The summed E-state index contributed by atoms with van der Waals surface area (Å²) in [6.07, 6.45) is 1.28. The monoisotopic (exact) mass is 519 g/mol. The van der Waals surface area contributed by atoms with Gasteiger partial charge in [0.05, 0.1) is 29.6 Å². The molecule has 2 aromatic carbocycles. The molecule has 0 unspecified atom stereocenters. The van der Waals surface area contributed by atoms with E-state index in [-0.39, 0.29) is 33.8 Å². The lowest BCUT2D eigenvalue weighted by Gasteiger charge is -2.27. The van der Waals surface area contributed by atoms with Gasteiger partial charge in [-0.05, 0) is 30.3 Å². The van der Waals surface area contributed by atoms with Crippen molar-refractivity contribution >= 4 is 29.1 Å². The second-order valence-electron chi connectivity index (χ2n) is 7.66. The largest absolute Gasteiger partial charge is 0.494 e. The molecule has 0 spiro atoms. The summed E-state index contributed by atoms with van der Waals surface area (Å²) in [4.78, 5) is 31.3. The highest BCUT2D eigenvalue weighted by Gasteiger charge is 2.23. The van der Waals surface area contributed by atoms with Gasteiger partial charge in [-0.15, -0.1) is 0 Å². The molecule has 2 heterocycles. The molecule has 1 aliphatic rings. The topological polar surface area (TPSA) is 88.5 Å². The van der Waals surface area contributed by atoms with Gasteiger partial charge >= 0.3 is 0 Å². The zero-order chi connectivity index (χ0) is 26.4. The number of anilines is 1. The summed E-state index contributed by atoms with van der Waals surface area (Å²) in [5, 5.41) is 6.05. The summed E-state index contributed by atoms with van der Waals surface area (Å²) >= 11 is 6.32. The van der Waals surface area contributed by atoms with Gasteiger partial charge in [0.15, 0.2) is 17.4 Å². The van der Waals surface area contributed by atoms with Crippen LogP contribution in [0.3, 0.4) is 0 Å². The van der Waals surface area contributed by atoms with E-state index in [1.54, 1.807) is 17.0 Å². The van der Waals surface area contributed by atoms with Crippen LogP contribution in [0.15, 0.2) is 36.5 Å². The van der Waals surface area contributed by atoms with Crippen molar-refractivity contribution in [1.82, 2.24) is 19.8 Å². The Bertz CT molecular complexity index is 1260. The first-order valence-corrected chi connectivity index (χ1v) is 11.8. The van der Waals surface area contributed by atoms with Gasteiger partial charge in [-0.3, -0.25) is 9.59 Å². The number of piperazine rings is 1. The highest BCUT2D eigenvalue weighted by Crippen LogP contribution is 2.30. The fraction of sp³-hybridized carbons (Fsp3) is 0.320. The van der Waals surface area contributed by atoms with Crippen molar-refractivity contribution in [2.24, 2.45) is 7.05 Å². The van der Waals surface area contributed by atoms with Crippen molar-refractivity contribution in [3.05, 3.63) is 64.6 Å². The fourth-order valence-electron chi connectivity index (χ4n) is 3.75. The van der Waals surface area contributed by atoms with Crippen molar-refractivity contribution in [2.45, 2.75) is 13.8 Å². The average Bonchev–Trinajstić information content (AvgIpc) is 3.28. The molecule has 0 saturated carbocycles. The standard InChI is InChI=1S/C23H22ClF2N5O3.C2H6/c1-30-17(15-5-6-18(34-2)20(26)19(15)25)12-28-21(30)22(32)29-13-3-4-14(16(24)11-13)23(33)31-9-7-27-8-10-31;1-2/h3-6,11-12,27H,7-10H2,1-2H3,(H,29,32);1-2H3. The van der Waals surface area contributed by atoms with Crippen molar-refractivity contribution in [3.8, 4) is 17.0 Å². The molecule has 3 aromatic rings. The Kier molecular flexibility index (Phi) is 9.00. The van der Waals surface area contributed by atoms with Gasteiger partial charge in [-0.1, -0.05) is 25.4 Å². The van der Waals surface area contributed by atoms with Crippen LogP contribution < -0.4 is 15.4 Å². The maximum absolute atomic E-state index is 14.5. The lowest BCUT2D eigenvalue weighted by molar-refractivity contribution is 0.0736. The van der Waals surface area contributed by atoms with E-state index in [0.717, 1.165) is 13.1 Å². The zero-order valence-corrected chi connectivity index (χ0v) is 21.2. The number of carbonyl (C=O) groups excluding carboxylic acids is 2. The predicted molar refractivity (Wildman–Crippen MR) is 135 cm³/mol. The molecule has 1 saturated heterocycles. The number of carbonyl (C=O) groups is 2. The minimum Gasteiger partial charge on any atom is -0.494 e. The highest BCUT2D eigenvalue weighted by molar-refractivity contribution is 6.34. The van der Waals surface area contributed by atoms with Gasteiger partial charge in [0.2, 0.25) is 5.82 Å². The summed E-state index contributed by atoms with van der Waals surface area (Å²) in [5.74, 6) is -3.24. The number of hydrogen-bond donors (Lipinski definition) is 2. The Morgan fingerprint density at radius 2 is 1.81 bits per heavy atom. The molecule has 0 bridgehead atoms. The number of methoxy groups -OCH3 is 1. The molecule has 1 aromatic heterocycles. The Balaban J connectivity index is 0.00000176. The maximum atomic E-state index is 14.5. The second-order valence-corrected chi connectivity index (χ2v) is 8.07. The third kappa shape index (κ3) is 5.50. The number of imidazole rings is 1. The molecule has 0 radical (unpaired) electrons. The lowest BCUT2D eigenvalue weighted by Crippen LogP contribution is -2.46. The first kappa shape index (κ1) is 27.1. The summed E-state index contributed by atoms with van der Waals surface area (Å²) in [5.41, 5.74) is 0.848. The van der Waals surface area contributed by atoms with E-state index < -0.39 is 17.5 Å². The van der Waals surface area contributed by atoms with Crippen LogP contribution in [0.5, 0.6) is 5.75 Å². The number of ether oxygens (including phenoxy) is 1. The van der Waals surface area contributed by atoms with Crippen LogP contribution in [0.2, 0.25) is 5.02 Å². The molecule has 0 aliphatic carbocycles. The minimum absolute atomic E-state index is 0.0253. The van der Waals surface area contributed by atoms with E-state index in [0.29, 0.717) is 24.3 Å². The van der Waals surface area contributed by atoms with E-state index in [1.165, 1.54) is 43.1 Å². The number of halogens is 3. The molecule has 0 atom stereocenters. The third-order valence-electron chi connectivity index (χ3n) is 5.60. The number of hydrogen-bond acceptors (Lipinski definition) is 5. The second kappa shape index (κ2) is 12.0. The minimum atomic E-state index is -1.13. The third-order valence-corrected chi connectivity index (χ3v) is 5.91. The molecule has 8 nitrogen and oxygen atoms in total. The first-order chi connectivity index (χ1) is 17.3. The number of aromatic nitrogens is 2. The fourth-order valence-corrected chi connectivity index (χ4v) is 4.01. The molecule has 1 aliphatic heterocycles. The van der Waals surface area contributed by atoms with Crippen LogP contribution in [0.1, 0.15) is 34.8 Å². The van der Waals surface area contributed by atoms with Crippen LogP contribution in [0, 0.1) is 11.6 Å². The van der Waals surface area contributed by atoms with Gasteiger partial charge in [-0.2, -0.15) is 4.39 Å². The first-order valence-electron chi connectivity index (χ1n) is 11.5. The molecule has 192 valence electrons. The van der Waals surface area contributed by atoms with E-state index in [4.69, 9.17) is 16.3 Å². The molecular formula is C25H28ClF2N5O3. The quantitative estimate of drug-likeness (QED) is 0.523. The molecule has 4 rings (SSSR count). The molecule has 2 amide bonds. The van der Waals surface area contributed by atoms with E-state index in [9.17, 15) is 18.4 Å². The van der Waals surface area contributed by atoms with Crippen molar-refractivity contribution in [1.29, 1.82) is 0 Å². The Morgan fingerprint density at radius 1 is 1.11 bits per heavy atom. The predicted octanol–water partition coefficient (Wildman–Crippen LogP) is 4.35. The van der Waals surface area contributed by atoms with Gasteiger partial charge < -0.3 is 24.8 Å². The summed E-state index contributed by atoms with van der Waals surface area (Å²) in [6.45, 7) is 6.62. The summed E-state index contributed by atoms with van der Waals surface area (Å²) < 4.78 is 34.8. The molecule has 36 heavy (non-hydrogen) atoms. The summed E-state index contributed by atoms with van der Waals surface area (Å²) in [7, 11) is 2.75. The Morgan fingerprint density at radius 3 is 2.44 bits per heavy atom. The van der Waals surface area contributed by atoms with Gasteiger partial charge in [0, 0.05) is 44.5 Å². The average molecular weight is 520 g/mol. The van der Waals surface area contributed by atoms with E-state index >= 15 is 0 Å². The normalized spacial score (nSPS) is 13.0. The van der Waals surface area contributed by atoms with Gasteiger partial charge in [0.1, 0.15) is 0 Å². The van der Waals surface area contributed by atoms with E-state index in [1.807, 2.05) is 13.8 Å². The highest BCUT2D eigenvalue weighted by atomic mass is 35.5. The van der Waals surface area contributed by atoms with Crippen molar-refractivity contribution < 1.29 is 23.1 Å². The molecule has 11 heteroatoms. The number of nitrogens with zero attached hydrogens (tertiary/aromatic N) is 3. The molecular weight excluding hydrogens is 492 g/mol. The van der Waals surface area contributed by atoms with E-state index in [2.05, 4.69) is 15.6 Å². The van der Waals surface area contributed by atoms with Crippen LogP contribution in [0.25, 0.3) is 11.3 Å². The molecule has 2 N–H and O–H groups in total. The number of benzene rings is 2. The van der Waals surface area contributed by atoms with Crippen molar-refractivity contribution in [2.75, 3.05) is 38.6 Å². The van der Waals surface area contributed by atoms with Gasteiger partial charge in [0.25, 0.3) is 11.8 Å². The molecule has 1 fully saturated rings. The van der Waals surface area contributed by atoms with Crippen LogP contribution in [0.4, 0.5) is 14.5 Å². The Labute approximate surface area is 213 Å². The van der Waals surface area contributed by atoms with Crippen LogP contribution in [-0.2, 0) is 7.05 Å². The maximum Gasteiger partial charge on any atom is 0.291 e. The van der Waals surface area contributed by atoms with Crippen LogP contribution in [-0.4, -0.2) is 59.6 Å². The number of nitrogens with one attached hydrogen (secondary N) is 2. The number of amides is 2. The van der Waals surface area contributed by atoms with Crippen LogP contribution >= 0.6 is 11.6 Å². The Hall–Kier alpha value is -3.50.